The van der Waals surface area contributed by atoms with E-state index in [1.165, 1.54) is 11.8 Å². The summed E-state index contributed by atoms with van der Waals surface area (Å²) in [6.45, 7) is 1.66. The second-order valence-electron chi connectivity index (χ2n) is 3.25. The molecule has 0 aliphatic rings. The van der Waals surface area contributed by atoms with Gasteiger partial charge in [-0.2, -0.15) is 0 Å². The molecule has 2 unspecified atom stereocenters. The van der Waals surface area contributed by atoms with Crippen molar-refractivity contribution in [3.05, 3.63) is 0 Å². The van der Waals surface area contributed by atoms with E-state index in [1.807, 2.05) is 19.0 Å². The number of carbonyl (C=O) groups is 2. The molecule has 1 N–H and O–H groups in total. The second kappa shape index (κ2) is 8.01. The number of nitrogens with zero attached hydrogens (tertiary/aromatic N) is 1. The zero-order valence-corrected chi connectivity index (χ0v) is 10.8. The molecule has 0 fully saturated rings. The van der Waals surface area contributed by atoms with Crippen LogP contribution in [0.3, 0.4) is 0 Å². The topological polar surface area (TPSA) is 57.6 Å². The monoisotopic (exact) mass is 251 g/mol. The average Bonchev–Trinajstić information content (AvgIpc) is 2.15. The fraction of sp³-hybridized carbons (Fsp3) is 0.778. The summed E-state index contributed by atoms with van der Waals surface area (Å²) >= 11 is 2.97. The molecule has 0 radical (unpaired) electrons. The smallest absolute Gasteiger partial charge is 0.316 e. The summed E-state index contributed by atoms with van der Waals surface area (Å²) in [5.74, 6) is -0.794. The quantitative estimate of drug-likeness (QED) is 0.519. The Labute approximate surface area is 98.8 Å². The first-order valence-corrected chi connectivity index (χ1v) is 6.64. The predicted molar refractivity (Wildman–Crippen MR) is 65.3 cm³/mol. The lowest BCUT2D eigenvalue weighted by molar-refractivity contribution is -0.136. The van der Waals surface area contributed by atoms with Crippen LogP contribution in [0.1, 0.15) is 13.3 Å². The fourth-order valence-electron chi connectivity index (χ4n) is 0.801. The Morgan fingerprint density at radius 3 is 2.47 bits per heavy atom. The maximum Gasteiger partial charge on any atom is 0.316 e. The number of aldehydes is 1. The largest absolute Gasteiger partial charge is 0.480 e. The van der Waals surface area contributed by atoms with Crippen molar-refractivity contribution in [2.24, 2.45) is 0 Å². The van der Waals surface area contributed by atoms with Gasteiger partial charge in [0.25, 0.3) is 0 Å². The van der Waals surface area contributed by atoms with Gasteiger partial charge in [0.1, 0.15) is 11.5 Å². The lowest BCUT2D eigenvalue weighted by atomic mass is 10.4. The molecule has 0 rings (SSSR count). The van der Waals surface area contributed by atoms with E-state index in [1.54, 1.807) is 18.7 Å². The molecular weight excluding hydrogens is 234 g/mol. The molecule has 0 aromatic rings. The molecule has 6 heteroatoms. The highest BCUT2D eigenvalue weighted by Gasteiger charge is 2.14. The molecule has 2 atom stereocenters. The van der Waals surface area contributed by atoms with Gasteiger partial charge in [-0.05, 0) is 21.0 Å². The van der Waals surface area contributed by atoms with Gasteiger partial charge in [-0.15, -0.1) is 23.5 Å². The van der Waals surface area contributed by atoms with Crippen LogP contribution in [0.15, 0.2) is 0 Å². The highest BCUT2D eigenvalue weighted by molar-refractivity contribution is 8.16. The Bertz CT molecular complexity index is 212. The molecular formula is C9H17NO3S2. The zero-order valence-electron chi connectivity index (χ0n) is 9.17. The maximum atomic E-state index is 10.5. The van der Waals surface area contributed by atoms with E-state index < -0.39 is 11.2 Å². The molecule has 88 valence electrons. The minimum Gasteiger partial charge on any atom is -0.480 e. The third kappa shape index (κ3) is 6.81. The van der Waals surface area contributed by atoms with Crippen LogP contribution in [0, 0.1) is 0 Å². The van der Waals surface area contributed by atoms with Gasteiger partial charge in [0.15, 0.2) is 0 Å². The average molecular weight is 251 g/mol. The van der Waals surface area contributed by atoms with Gasteiger partial charge in [-0.25, -0.2) is 0 Å². The van der Waals surface area contributed by atoms with Crippen molar-refractivity contribution in [3.8, 4) is 0 Å². The van der Waals surface area contributed by atoms with Gasteiger partial charge in [0.05, 0.1) is 5.37 Å². The van der Waals surface area contributed by atoms with E-state index in [9.17, 15) is 9.59 Å². The fourth-order valence-corrected chi connectivity index (χ4v) is 3.22. The third-order valence-electron chi connectivity index (χ3n) is 1.80. The van der Waals surface area contributed by atoms with Crippen molar-refractivity contribution in [2.75, 3.05) is 19.2 Å². The van der Waals surface area contributed by atoms with Crippen molar-refractivity contribution in [1.29, 1.82) is 0 Å². The Kier molecular flexibility index (Phi) is 7.90. The summed E-state index contributed by atoms with van der Waals surface area (Å²) < 4.78 is 0. The van der Waals surface area contributed by atoms with E-state index in [4.69, 9.17) is 5.11 Å². The molecule has 0 saturated heterocycles. The van der Waals surface area contributed by atoms with Crippen LogP contribution in [0.4, 0.5) is 0 Å². The molecule has 4 nitrogen and oxygen atoms in total. The van der Waals surface area contributed by atoms with E-state index in [0.717, 1.165) is 6.29 Å². The van der Waals surface area contributed by atoms with Crippen LogP contribution in [0.5, 0.6) is 0 Å². The lowest BCUT2D eigenvalue weighted by Gasteiger charge is -2.21. The van der Waals surface area contributed by atoms with Crippen molar-refractivity contribution >= 4 is 35.8 Å². The summed E-state index contributed by atoms with van der Waals surface area (Å²) in [5, 5.41) is 9.09. The van der Waals surface area contributed by atoms with Crippen LogP contribution >= 0.6 is 23.5 Å². The number of thioether (sulfide) groups is 2. The Balaban J connectivity index is 3.80. The summed E-state index contributed by atoms with van der Waals surface area (Å²) in [4.78, 5) is 22.9. The van der Waals surface area contributed by atoms with Crippen LogP contribution in [-0.4, -0.2) is 52.1 Å². The van der Waals surface area contributed by atoms with Crippen LogP contribution < -0.4 is 0 Å². The zero-order chi connectivity index (χ0) is 11.8. The summed E-state index contributed by atoms with van der Waals surface area (Å²) in [6, 6.07) is 0. The van der Waals surface area contributed by atoms with Crippen molar-refractivity contribution in [3.63, 3.8) is 0 Å². The van der Waals surface area contributed by atoms with E-state index in [-0.39, 0.29) is 5.37 Å². The summed E-state index contributed by atoms with van der Waals surface area (Å²) in [5.41, 5.74) is 0. The Morgan fingerprint density at radius 2 is 2.07 bits per heavy atom. The van der Waals surface area contributed by atoms with Gasteiger partial charge < -0.3 is 9.90 Å². The first-order valence-electron chi connectivity index (χ1n) is 4.55. The van der Waals surface area contributed by atoms with E-state index >= 15 is 0 Å². The molecule has 0 bridgehead atoms. The number of carboxylic acids is 1. The SMILES string of the molecule is CC(SCSC(CC=O)N(C)C)C(=O)O. The number of aliphatic carboxylic acids is 1. The Morgan fingerprint density at radius 1 is 1.47 bits per heavy atom. The highest BCUT2D eigenvalue weighted by Crippen LogP contribution is 2.23. The molecule has 0 amide bonds. The van der Waals surface area contributed by atoms with Gasteiger partial charge in [-0.3, -0.25) is 9.69 Å². The normalized spacial score (nSPS) is 14.9. The van der Waals surface area contributed by atoms with Crippen molar-refractivity contribution < 1.29 is 14.7 Å². The molecule has 0 aliphatic carbocycles. The number of carboxylic acid groups (broad SMARTS) is 1. The van der Waals surface area contributed by atoms with Crippen molar-refractivity contribution in [1.82, 2.24) is 4.90 Å². The third-order valence-corrected chi connectivity index (χ3v) is 4.59. The van der Waals surface area contributed by atoms with Gasteiger partial charge >= 0.3 is 5.97 Å². The second-order valence-corrected chi connectivity index (χ2v) is 6.11. The highest BCUT2D eigenvalue weighted by atomic mass is 32.2. The number of rotatable bonds is 8. The first-order chi connectivity index (χ1) is 6.99. The minimum atomic E-state index is -0.794. The number of hydrogen-bond donors (Lipinski definition) is 1. The Hall–Kier alpha value is -0.200. The number of hydrogen-bond acceptors (Lipinski definition) is 5. The molecule has 0 aromatic carbocycles. The van der Waals surface area contributed by atoms with Crippen LogP contribution in [-0.2, 0) is 9.59 Å². The summed E-state index contributed by atoms with van der Waals surface area (Å²) in [6.07, 6.45) is 1.36. The lowest BCUT2D eigenvalue weighted by Crippen LogP contribution is -2.25. The predicted octanol–water partition coefficient (Wildman–Crippen LogP) is 1.36. The van der Waals surface area contributed by atoms with Gasteiger partial charge in [0.2, 0.25) is 0 Å². The molecule has 0 spiro atoms. The maximum absolute atomic E-state index is 10.5. The molecule has 0 saturated carbocycles. The van der Waals surface area contributed by atoms with Crippen LogP contribution in [0.25, 0.3) is 0 Å². The molecule has 15 heavy (non-hydrogen) atoms. The van der Waals surface area contributed by atoms with Gasteiger partial charge in [0, 0.05) is 11.5 Å². The standard InChI is InChI=1S/C9H17NO3S2/c1-7(9(12)13)14-6-15-8(4-5-11)10(2)3/h5,7-8H,4,6H2,1-3H3,(H,12,13). The van der Waals surface area contributed by atoms with E-state index in [0.29, 0.717) is 11.5 Å². The summed E-state index contributed by atoms with van der Waals surface area (Å²) in [7, 11) is 3.82. The molecule has 0 aliphatic heterocycles. The van der Waals surface area contributed by atoms with Crippen molar-refractivity contribution in [2.45, 2.75) is 24.0 Å². The van der Waals surface area contributed by atoms with Crippen LogP contribution in [0.2, 0.25) is 0 Å². The van der Waals surface area contributed by atoms with E-state index in [2.05, 4.69) is 0 Å². The first kappa shape index (κ1) is 14.8. The van der Waals surface area contributed by atoms with Gasteiger partial charge in [-0.1, -0.05) is 0 Å². The minimum absolute atomic E-state index is 0.135. The molecule has 0 aromatic heterocycles. The number of carbonyl (C=O) groups excluding carboxylic acids is 1. The molecule has 0 heterocycles.